The zero-order valence-corrected chi connectivity index (χ0v) is 27.6. The average molecular weight is 628 g/mol. The number of halogens is 1. The van der Waals surface area contributed by atoms with Gasteiger partial charge in [-0.3, -0.25) is 15.1 Å². The first kappa shape index (κ1) is 33.2. The van der Waals surface area contributed by atoms with E-state index in [1.807, 2.05) is 46.9 Å². The lowest BCUT2D eigenvalue weighted by Gasteiger charge is -2.39. The van der Waals surface area contributed by atoms with Crippen LogP contribution in [0.25, 0.3) is 28.5 Å². The third kappa shape index (κ3) is 7.77. The number of benzene rings is 1. The van der Waals surface area contributed by atoms with Crippen LogP contribution >= 0.6 is 0 Å². The van der Waals surface area contributed by atoms with Crippen LogP contribution in [0, 0.1) is 17.3 Å². The van der Waals surface area contributed by atoms with Gasteiger partial charge in [0.25, 0.3) is 0 Å². The summed E-state index contributed by atoms with van der Waals surface area (Å²) in [6.45, 7) is 13.4. The Morgan fingerprint density at radius 3 is 2.61 bits per heavy atom. The van der Waals surface area contributed by atoms with Crippen molar-refractivity contribution < 1.29 is 23.4 Å². The maximum absolute atomic E-state index is 14.2. The zero-order chi connectivity index (χ0) is 33.2. The Labute approximate surface area is 270 Å². The number of nitrogens with one attached hydrogen (secondary N) is 1. The summed E-state index contributed by atoms with van der Waals surface area (Å²) in [4.78, 5) is 26.9. The third-order valence-corrected chi connectivity index (χ3v) is 7.85. The normalized spacial score (nSPS) is 19.2. The lowest BCUT2D eigenvalue weighted by atomic mass is 9.86. The van der Waals surface area contributed by atoms with Crippen LogP contribution in [0.5, 0.6) is 0 Å². The molecule has 1 N–H and O–H groups in total. The van der Waals surface area contributed by atoms with Crippen molar-refractivity contribution in [2.24, 2.45) is 0 Å². The van der Waals surface area contributed by atoms with Gasteiger partial charge in [0, 0.05) is 23.7 Å². The Morgan fingerprint density at radius 1 is 1.20 bits per heavy atom. The van der Waals surface area contributed by atoms with E-state index in [0.717, 1.165) is 57.7 Å². The van der Waals surface area contributed by atoms with Gasteiger partial charge in [0.2, 0.25) is 5.95 Å². The SMILES string of the molecule is CC(C)c1nc2c(c(-c3ccc(F)cc3)c1/C=C/[C@@H]1C[C@H](CC(=O)OC(C)(C)C)OC(C)(C)O1)CCCc1nc(NC#N)ncc1-2. The number of carbonyl (C=O) groups is 1. The van der Waals surface area contributed by atoms with Crippen LogP contribution < -0.4 is 5.32 Å². The molecule has 0 saturated carbocycles. The van der Waals surface area contributed by atoms with E-state index in [-0.39, 0.29) is 42.3 Å². The lowest BCUT2D eigenvalue weighted by molar-refractivity contribution is -0.290. The van der Waals surface area contributed by atoms with E-state index >= 15 is 0 Å². The van der Waals surface area contributed by atoms with Gasteiger partial charge in [-0.15, -0.1) is 0 Å². The Morgan fingerprint density at radius 2 is 1.93 bits per heavy atom. The maximum Gasteiger partial charge on any atom is 0.308 e. The maximum atomic E-state index is 14.2. The largest absolute Gasteiger partial charge is 0.460 e. The van der Waals surface area contributed by atoms with Crippen LogP contribution in [0.1, 0.15) is 96.2 Å². The van der Waals surface area contributed by atoms with Crippen LogP contribution in [0.4, 0.5) is 10.3 Å². The summed E-state index contributed by atoms with van der Waals surface area (Å²) in [5, 5.41) is 11.6. The Kier molecular flexibility index (Phi) is 9.57. The molecule has 2 aliphatic rings. The van der Waals surface area contributed by atoms with E-state index < -0.39 is 11.4 Å². The number of hydrogen-bond acceptors (Lipinski definition) is 9. The van der Waals surface area contributed by atoms with Gasteiger partial charge in [-0.25, -0.2) is 14.4 Å². The summed E-state index contributed by atoms with van der Waals surface area (Å²) in [6.07, 6.45) is 9.82. The standard InChI is InChI=1S/C36H42FN5O4/c1-21(2)32-27(16-15-24-17-25(45-36(6,7)44-24)18-30(43)46-35(3,4)5)31(22-11-13-23(37)14-12-22)26-9-8-10-29-28(33(26)42-32)19-39-34(41-29)40-20-38/h11-16,19,21,24-25H,8-10,17-18H2,1-7H3,(H,39,40,41)/b16-15+/t24-,25-/m1/s1. The van der Waals surface area contributed by atoms with Crippen molar-refractivity contribution in [2.45, 2.75) is 110 Å². The number of aryl methyl sites for hydroxylation is 1. The molecule has 242 valence electrons. The highest BCUT2D eigenvalue weighted by Gasteiger charge is 2.36. The molecule has 3 aromatic rings. The molecule has 1 saturated heterocycles. The molecule has 10 heteroatoms. The number of esters is 1. The van der Waals surface area contributed by atoms with Gasteiger partial charge in [-0.1, -0.05) is 38.1 Å². The van der Waals surface area contributed by atoms with Gasteiger partial charge in [-0.2, -0.15) is 5.26 Å². The smallest absolute Gasteiger partial charge is 0.308 e. The van der Waals surface area contributed by atoms with Crippen molar-refractivity contribution in [2.75, 3.05) is 5.32 Å². The first-order valence-corrected chi connectivity index (χ1v) is 15.8. The first-order chi connectivity index (χ1) is 21.7. The molecule has 0 unspecified atom stereocenters. The molecule has 1 aliphatic heterocycles. The highest BCUT2D eigenvalue weighted by atomic mass is 19.1. The molecule has 5 rings (SSSR count). The van der Waals surface area contributed by atoms with Crippen LogP contribution in [0.3, 0.4) is 0 Å². The fourth-order valence-electron chi connectivity index (χ4n) is 6.19. The number of nitrogens with zero attached hydrogens (tertiary/aromatic N) is 4. The van der Waals surface area contributed by atoms with E-state index in [2.05, 4.69) is 35.2 Å². The molecule has 0 radical (unpaired) electrons. The molecule has 1 aliphatic carbocycles. The topological polar surface area (TPSA) is 119 Å². The average Bonchev–Trinajstić information content (AvgIpc) is 3.13. The number of pyridine rings is 1. The van der Waals surface area contributed by atoms with Gasteiger partial charge < -0.3 is 14.2 Å². The highest BCUT2D eigenvalue weighted by molar-refractivity contribution is 5.85. The van der Waals surface area contributed by atoms with Crippen LogP contribution in [0.15, 0.2) is 36.5 Å². The van der Waals surface area contributed by atoms with Gasteiger partial charge in [-0.05, 0) is 88.6 Å². The molecule has 3 heterocycles. The fourth-order valence-corrected chi connectivity index (χ4v) is 6.19. The highest BCUT2D eigenvalue weighted by Crippen LogP contribution is 2.42. The van der Waals surface area contributed by atoms with E-state index in [1.54, 1.807) is 18.3 Å². The van der Waals surface area contributed by atoms with Crippen molar-refractivity contribution >= 4 is 18.0 Å². The van der Waals surface area contributed by atoms with E-state index in [1.165, 1.54) is 12.1 Å². The minimum atomic E-state index is -0.907. The predicted molar refractivity (Wildman–Crippen MR) is 174 cm³/mol. The van der Waals surface area contributed by atoms with Crippen molar-refractivity contribution in [1.82, 2.24) is 15.0 Å². The van der Waals surface area contributed by atoms with Crippen molar-refractivity contribution in [1.29, 1.82) is 5.26 Å². The van der Waals surface area contributed by atoms with Gasteiger partial charge in [0.05, 0.1) is 35.7 Å². The summed E-state index contributed by atoms with van der Waals surface area (Å²) in [5.41, 5.74) is 6.58. The van der Waals surface area contributed by atoms with Crippen LogP contribution in [-0.4, -0.2) is 44.5 Å². The quantitative estimate of drug-likeness (QED) is 0.161. The molecule has 1 fully saturated rings. The van der Waals surface area contributed by atoms with E-state index in [9.17, 15) is 9.18 Å². The summed E-state index contributed by atoms with van der Waals surface area (Å²) in [7, 11) is 0. The van der Waals surface area contributed by atoms with Gasteiger partial charge in [0.15, 0.2) is 12.0 Å². The third-order valence-electron chi connectivity index (χ3n) is 7.85. The van der Waals surface area contributed by atoms with Crippen molar-refractivity contribution in [3.8, 4) is 28.6 Å². The Hall–Kier alpha value is -4.20. The number of hydrogen-bond donors (Lipinski definition) is 1. The summed E-state index contributed by atoms with van der Waals surface area (Å²) < 4.78 is 32.1. The fraction of sp³-hybridized carbons (Fsp3) is 0.472. The molecule has 0 bridgehead atoms. The number of aromatic nitrogens is 3. The second-order valence-corrected chi connectivity index (χ2v) is 13.6. The van der Waals surface area contributed by atoms with E-state index in [4.69, 9.17) is 24.5 Å². The summed E-state index contributed by atoms with van der Waals surface area (Å²) in [6, 6.07) is 6.56. The number of carbonyl (C=O) groups excluding carboxylic acids is 1. The molecule has 9 nitrogen and oxygen atoms in total. The predicted octanol–water partition coefficient (Wildman–Crippen LogP) is 7.50. The number of rotatable bonds is 7. The molecule has 0 amide bonds. The van der Waals surface area contributed by atoms with Gasteiger partial charge >= 0.3 is 5.97 Å². The van der Waals surface area contributed by atoms with Crippen LogP contribution in [0.2, 0.25) is 0 Å². The molecule has 0 spiro atoms. The lowest BCUT2D eigenvalue weighted by Crippen LogP contribution is -2.45. The first-order valence-electron chi connectivity index (χ1n) is 15.8. The van der Waals surface area contributed by atoms with E-state index in [0.29, 0.717) is 12.8 Å². The van der Waals surface area contributed by atoms with Crippen molar-refractivity contribution in [3.63, 3.8) is 0 Å². The number of anilines is 1. The van der Waals surface area contributed by atoms with Crippen molar-refractivity contribution in [3.05, 3.63) is 64.9 Å². The number of ether oxygens (including phenoxy) is 3. The van der Waals surface area contributed by atoms with Gasteiger partial charge in [0.1, 0.15) is 11.4 Å². The van der Waals surface area contributed by atoms with Crippen LogP contribution in [-0.2, 0) is 31.8 Å². The number of nitriles is 1. The monoisotopic (exact) mass is 627 g/mol. The molecule has 2 atom stereocenters. The minimum absolute atomic E-state index is 0.0447. The number of fused-ring (bicyclic) bond motifs is 3. The molecule has 2 aromatic heterocycles. The molecular formula is C36H42FN5O4. The molecular weight excluding hydrogens is 585 g/mol. The Bertz CT molecular complexity index is 1670. The Balaban J connectivity index is 1.60. The summed E-state index contributed by atoms with van der Waals surface area (Å²) >= 11 is 0. The minimum Gasteiger partial charge on any atom is -0.460 e. The molecule has 1 aromatic carbocycles. The molecule has 46 heavy (non-hydrogen) atoms. The summed E-state index contributed by atoms with van der Waals surface area (Å²) in [5.74, 6) is -1.22. The second-order valence-electron chi connectivity index (χ2n) is 13.6. The second kappa shape index (κ2) is 13.3. The zero-order valence-electron chi connectivity index (χ0n) is 27.6.